The molecule has 0 saturated heterocycles. The molecule has 1 aromatic heterocycles. The van der Waals surface area contributed by atoms with E-state index in [0.717, 1.165) is 5.56 Å². The van der Waals surface area contributed by atoms with E-state index >= 15 is 0 Å². The summed E-state index contributed by atoms with van der Waals surface area (Å²) in [5.74, 6) is 1.10. The highest BCUT2D eigenvalue weighted by atomic mass is 15.5. The number of H-pyrrole nitrogens is 1. The first-order valence-corrected chi connectivity index (χ1v) is 4.43. The summed E-state index contributed by atoms with van der Waals surface area (Å²) in [4.78, 5) is 4.19. The average molecular weight is 202 g/mol. The van der Waals surface area contributed by atoms with Gasteiger partial charge in [-0.05, 0) is 0 Å². The van der Waals surface area contributed by atoms with Crippen molar-refractivity contribution in [2.75, 3.05) is 12.5 Å². The largest absolute Gasteiger partial charge is 0.264 e. The van der Waals surface area contributed by atoms with Crippen LogP contribution in [0.4, 0.5) is 5.95 Å². The number of anilines is 1. The summed E-state index contributed by atoms with van der Waals surface area (Å²) in [6.45, 7) is 0. The first-order valence-electron chi connectivity index (χ1n) is 4.43. The van der Waals surface area contributed by atoms with Crippen LogP contribution < -0.4 is 5.43 Å². The van der Waals surface area contributed by atoms with Gasteiger partial charge in [0.15, 0.2) is 5.82 Å². The summed E-state index contributed by atoms with van der Waals surface area (Å²) in [6.07, 6.45) is 0. The second-order valence-electron chi connectivity index (χ2n) is 2.79. The highest BCUT2D eigenvalue weighted by Gasteiger charge is 2.03. The van der Waals surface area contributed by atoms with Crippen molar-refractivity contribution in [1.82, 2.24) is 15.2 Å². The standard InChI is InChI=1S/C9H10N6/c1-10-15-14-9-11-8(12-13-9)7-5-3-2-4-6-7/h2-6H,1H3,(H2,10,11,12,13,14). The minimum atomic E-state index is 0.402. The van der Waals surface area contributed by atoms with Crippen molar-refractivity contribution < 1.29 is 0 Å². The van der Waals surface area contributed by atoms with Crippen LogP contribution >= 0.6 is 0 Å². The molecule has 1 heterocycles. The van der Waals surface area contributed by atoms with Crippen molar-refractivity contribution in [2.24, 2.45) is 10.3 Å². The van der Waals surface area contributed by atoms with Gasteiger partial charge >= 0.3 is 0 Å². The molecule has 0 radical (unpaired) electrons. The van der Waals surface area contributed by atoms with Crippen LogP contribution in [0.3, 0.4) is 0 Å². The maximum atomic E-state index is 4.19. The predicted octanol–water partition coefficient (Wildman–Crippen LogP) is 1.88. The third kappa shape index (κ3) is 2.16. The molecule has 0 aliphatic heterocycles. The van der Waals surface area contributed by atoms with Crippen LogP contribution in [0.1, 0.15) is 0 Å². The van der Waals surface area contributed by atoms with Gasteiger partial charge in [0.2, 0.25) is 0 Å². The molecule has 2 N–H and O–H groups in total. The summed E-state index contributed by atoms with van der Waals surface area (Å²) < 4.78 is 0. The van der Waals surface area contributed by atoms with E-state index in [1.807, 2.05) is 30.3 Å². The van der Waals surface area contributed by atoms with Crippen molar-refractivity contribution in [3.63, 3.8) is 0 Å². The molecule has 0 aliphatic rings. The minimum absolute atomic E-state index is 0.402. The fourth-order valence-corrected chi connectivity index (χ4v) is 1.13. The zero-order chi connectivity index (χ0) is 10.5. The van der Waals surface area contributed by atoms with E-state index in [-0.39, 0.29) is 0 Å². The van der Waals surface area contributed by atoms with Crippen molar-refractivity contribution in [1.29, 1.82) is 0 Å². The molecule has 0 spiro atoms. The third-order valence-electron chi connectivity index (χ3n) is 1.78. The van der Waals surface area contributed by atoms with E-state index in [0.29, 0.717) is 11.8 Å². The van der Waals surface area contributed by atoms with Crippen molar-refractivity contribution >= 4 is 5.95 Å². The highest BCUT2D eigenvalue weighted by molar-refractivity contribution is 5.55. The monoisotopic (exact) mass is 202 g/mol. The summed E-state index contributed by atoms with van der Waals surface area (Å²) in [5.41, 5.74) is 3.57. The molecular formula is C9H10N6. The minimum Gasteiger partial charge on any atom is -0.257 e. The number of hydrogen-bond donors (Lipinski definition) is 2. The van der Waals surface area contributed by atoms with Crippen molar-refractivity contribution in [3.8, 4) is 11.4 Å². The molecule has 15 heavy (non-hydrogen) atoms. The number of rotatable bonds is 3. The third-order valence-corrected chi connectivity index (χ3v) is 1.78. The van der Waals surface area contributed by atoms with Gasteiger partial charge in [-0.15, -0.1) is 5.10 Å². The van der Waals surface area contributed by atoms with E-state index in [9.17, 15) is 0 Å². The quantitative estimate of drug-likeness (QED) is 0.589. The molecule has 0 bridgehead atoms. The van der Waals surface area contributed by atoms with Gasteiger partial charge in [0, 0.05) is 5.56 Å². The lowest BCUT2D eigenvalue weighted by Gasteiger charge is -1.92. The average Bonchev–Trinajstić information content (AvgIpc) is 2.76. The first-order chi connectivity index (χ1) is 7.40. The number of nitrogens with zero attached hydrogens (tertiary/aromatic N) is 4. The van der Waals surface area contributed by atoms with Gasteiger partial charge in [0.05, 0.1) is 7.05 Å². The molecule has 2 aromatic rings. The summed E-state index contributed by atoms with van der Waals surface area (Å²) in [5, 5.41) is 13.8. The highest BCUT2D eigenvalue weighted by Crippen LogP contribution is 2.14. The van der Waals surface area contributed by atoms with E-state index in [4.69, 9.17) is 0 Å². The fourth-order valence-electron chi connectivity index (χ4n) is 1.13. The number of nitrogens with one attached hydrogen (secondary N) is 2. The Kier molecular flexibility index (Phi) is 2.68. The van der Waals surface area contributed by atoms with Gasteiger partial charge in [-0.1, -0.05) is 35.6 Å². The first kappa shape index (κ1) is 9.32. The van der Waals surface area contributed by atoms with Gasteiger partial charge in [0.1, 0.15) is 0 Å². The van der Waals surface area contributed by atoms with E-state index in [1.165, 1.54) is 0 Å². The Labute approximate surface area is 86.4 Å². The van der Waals surface area contributed by atoms with Gasteiger partial charge < -0.3 is 0 Å². The van der Waals surface area contributed by atoms with Gasteiger partial charge in [-0.25, -0.2) is 5.43 Å². The maximum Gasteiger partial charge on any atom is 0.264 e. The second-order valence-corrected chi connectivity index (χ2v) is 2.79. The molecule has 76 valence electrons. The normalized spacial score (nSPS) is 10.7. The Balaban J connectivity index is 2.20. The topological polar surface area (TPSA) is 78.3 Å². The second kappa shape index (κ2) is 4.32. The number of aromatic amines is 1. The van der Waals surface area contributed by atoms with Crippen LogP contribution in [-0.4, -0.2) is 22.2 Å². The molecule has 1 aromatic carbocycles. The lowest BCUT2D eigenvalue weighted by Crippen LogP contribution is -1.88. The van der Waals surface area contributed by atoms with Crippen molar-refractivity contribution in [2.45, 2.75) is 0 Å². The van der Waals surface area contributed by atoms with Gasteiger partial charge in [-0.3, -0.25) is 5.10 Å². The molecule has 6 heteroatoms. The molecule has 0 fully saturated rings. The molecule has 2 rings (SSSR count). The van der Waals surface area contributed by atoms with E-state index in [1.54, 1.807) is 7.05 Å². The smallest absolute Gasteiger partial charge is 0.257 e. The Bertz CT molecular complexity index is 447. The molecule has 0 aliphatic carbocycles. The Morgan fingerprint density at radius 2 is 2.07 bits per heavy atom. The van der Waals surface area contributed by atoms with Crippen LogP contribution in [0, 0.1) is 0 Å². The summed E-state index contributed by atoms with van der Waals surface area (Å²) in [7, 11) is 1.57. The number of benzene rings is 1. The number of hydrogen-bond acceptors (Lipinski definition) is 4. The molecule has 0 atom stereocenters. The lowest BCUT2D eigenvalue weighted by atomic mass is 10.2. The fraction of sp³-hybridized carbons (Fsp3) is 0.111. The van der Waals surface area contributed by atoms with Gasteiger partial charge in [0.25, 0.3) is 5.95 Å². The molecule has 0 amide bonds. The number of aromatic nitrogens is 3. The summed E-state index contributed by atoms with van der Waals surface area (Å²) in [6, 6.07) is 9.73. The zero-order valence-electron chi connectivity index (χ0n) is 8.18. The lowest BCUT2D eigenvalue weighted by molar-refractivity contribution is 1.02. The zero-order valence-corrected chi connectivity index (χ0v) is 8.18. The Hall–Kier alpha value is -2.24. The Morgan fingerprint density at radius 1 is 1.27 bits per heavy atom. The van der Waals surface area contributed by atoms with Crippen LogP contribution in [0.15, 0.2) is 40.7 Å². The maximum absolute atomic E-state index is 4.19. The van der Waals surface area contributed by atoms with Crippen LogP contribution in [-0.2, 0) is 0 Å². The predicted molar refractivity (Wildman–Crippen MR) is 56.2 cm³/mol. The van der Waals surface area contributed by atoms with E-state index in [2.05, 4.69) is 30.9 Å². The van der Waals surface area contributed by atoms with Gasteiger partial charge in [-0.2, -0.15) is 10.1 Å². The molecule has 0 saturated carbocycles. The Morgan fingerprint density at radius 3 is 2.80 bits per heavy atom. The summed E-state index contributed by atoms with van der Waals surface area (Å²) >= 11 is 0. The van der Waals surface area contributed by atoms with E-state index < -0.39 is 0 Å². The molecule has 6 nitrogen and oxygen atoms in total. The van der Waals surface area contributed by atoms with Crippen LogP contribution in [0.5, 0.6) is 0 Å². The van der Waals surface area contributed by atoms with Crippen LogP contribution in [0.25, 0.3) is 11.4 Å². The molecular weight excluding hydrogens is 192 g/mol. The van der Waals surface area contributed by atoms with Crippen molar-refractivity contribution in [3.05, 3.63) is 30.3 Å². The molecule has 0 unspecified atom stereocenters. The van der Waals surface area contributed by atoms with Crippen LogP contribution in [0.2, 0.25) is 0 Å². The SMILES string of the molecule is CN=NNc1n[nH]c(-c2ccccc2)n1.